The summed E-state index contributed by atoms with van der Waals surface area (Å²) < 4.78 is 17.7. The lowest BCUT2D eigenvalue weighted by atomic mass is 9.47. The van der Waals surface area contributed by atoms with E-state index < -0.39 is 35.1 Å². The van der Waals surface area contributed by atoms with Crippen molar-refractivity contribution in [3.63, 3.8) is 0 Å². The Balaban J connectivity index is 1.45. The van der Waals surface area contributed by atoms with E-state index in [1.54, 1.807) is 13.2 Å². The third kappa shape index (κ3) is 2.82. The molecule has 3 aliphatic carbocycles. The Morgan fingerprint density at radius 1 is 1.38 bits per heavy atom. The van der Waals surface area contributed by atoms with E-state index in [1.807, 2.05) is 6.07 Å². The van der Waals surface area contributed by atoms with Crippen LogP contribution < -0.4 is 14.8 Å². The molecule has 0 aromatic heterocycles. The van der Waals surface area contributed by atoms with Crippen molar-refractivity contribution in [1.29, 1.82) is 0 Å². The zero-order valence-electron chi connectivity index (χ0n) is 18.3. The highest BCUT2D eigenvalue weighted by Gasteiger charge is 2.70. The Morgan fingerprint density at radius 3 is 2.94 bits per heavy atom. The first-order valence-corrected chi connectivity index (χ1v) is 11.3. The van der Waals surface area contributed by atoms with E-state index in [0.29, 0.717) is 23.7 Å². The molecule has 5 atom stereocenters. The molecule has 4 aliphatic rings. The van der Waals surface area contributed by atoms with Crippen LogP contribution in [-0.4, -0.2) is 53.6 Å². The fourth-order valence-electron chi connectivity index (χ4n) is 6.30. The molecule has 1 amide bonds. The van der Waals surface area contributed by atoms with Crippen LogP contribution >= 0.6 is 0 Å². The van der Waals surface area contributed by atoms with E-state index in [9.17, 15) is 19.8 Å². The Bertz CT molecular complexity index is 1000. The van der Waals surface area contributed by atoms with Gasteiger partial charge in [-0.25, -0.2) is 0 Å². The lowest BCUT2D eigenvalue weighted by Gasteiger charge is -2.59. The molecule has 8 nitrogen and oxygen atoms in total. The first-order chi connectivity index (χ1) is 15.3. The van der Waals surface area contributed by atoms with Crippen molar-refractivity contribution < 1.29 is 34.0 Å². The molecule has 32 heavy (non-hydrogen) atoms. The molecule has 0 radical (unpaired) electrons. The number of aliphatic hydroxyl groups excluding tert-OH is 1. The van der Waals surface area contributed by atoms with Gasteiger partial charge in [-0.3, -0.25) is 9.59 Å². The van der Waals surface area contributed by atoms with Crippen LogP contribution in [0.5, 0.6) is 11.5 Å². The van der Waals surface area contributed by atoms with Gasteiger partial charge in [0.2, 0.25) is 5.91 Å². The van der Waals surface area contributed by atoms with Gasteiger partial charge in [-0.1, -0.05) is 12.5 Å². The minimum absolute atomic E-state index is 0.0378. The molecular formula is C24H29NO7. The fraction of sp³-hybridized carbons (Fsp3) is 0.583. The van der Waals surface area contributed by atoms with Gasteiger partial charge in [0.1, 0.15) is 11.9 Å². The van der Waals surface area contributed by atoms with Crippen LogP contribution in [0.2, 0.25) is 0 Å². The topological polar surface area (TPSA) is 114 Å². The smallest absolute Gasteiger partial charge is 0.312 e. The summed E-state index contributed by atoms with van der Waals surface area (Å²) in [7, 11) is 1.60. The first kappa shape index (κ1) is 21.3. The summed E-state index contributed by atoms with van der Waals surface area (Å²) in [6, 6.07) is 3.97. The minimum Gasteiger partial charge on any atom is -0.493 e. The van der Waals surface area contributed by atoms with E-state index in [0.717, 1.165) is 31.2 Å². The second kappa shape index (κ2) is 7.49. The normalized spacial score (nSPS) is 32.2. The number of ether oxygens (including phenoxy) is 3. The quantitative estimate of drug-likeness (QED) is 0.571. The number of benzene rings is 1. The van der Waals surface area contributed by atoms with Crippen LogP contribution in [0.1, 0.15) is 50.2 Å². The molecule has 1 aliphatic heterocycles. The third-order valence-electron chi connectivity index (χ3n) is 7.71. The van der Waals surface area contributed by atoms with Crippen LogP contribution in [0.25, 0.3) is 0 Å². The lowest BCUT2D eigenvalue weighted by Crippen LogP contribution is -2.67. The highest BCUT2D eigenvalue weighted by atomic mass is 16.6. The molecule has 3 N–H and O–H groups in total. The molecule has 1 fully saturated rings. The van der Waals surface area contributed by atoms with Crippen molar-refractivity contribution in [3.05, 3.63) is 35.1 Å². The molecule has 0 unspecified atom stereocenters. The van der Waals surface area contributed by atoms with Gasteiger partial charge in [-0.15, -0.1) is 0 Å². The van der Waals surface area contributed by atoms with Gasteiger partial charge >= 0.3 is 5.97 Å². The Morgan fingerprint density at radius 2 is 2.19 bits per heavy atom. The molecule has 1 aromatic rings. The van der Waals surface area contributed by atoms with Crippen molar-refractivity contribution in [2.45, 2.75) is 68.7 Å². The molecule has 172 valence electrons. The minimum atomic E-state index is -1.14. The number of hydrogen-bond donors (Lipinski definition) is 3. The number of methoxy groups -OCH3 is 1. The van der Waals surface area contributed by atoms with Gasteiger partial charge in [0, 0.05) is 12.1 Å². The molecule has 0 saturated heterocycles. The summed E-state index contributed by atoms with van der Waals surface area (Å²) >= 11 is 0. The first-order valence-electron chi connectivity index (χ1n) is 11.3. The molecule has 1 aromatic carbocycles. The molecule has 1 heterocycles. The van der Waals surface area contributed by atoms with Crippen molar-refractivity contribution in [1.82, 2.24) is 5.32 Å². The SMILES string of the molecule is COc1ccc2c3c1O[C@H]1C(OC(=O)CCNC(=O)[C@H](C)O)=CC[C@@]4(O)[C@H](CCC[C@]314)C2. The zero-order chi connectivity index (χ0) is 22.7. The average molecular weight is 443 g/mol. The van der Waals surface area contributed by atoms with Crippen LogP contribution in [0.4, 0.5) is 0 Å². The van der Waals surface area contributed by atoms with E-state index in [1.165, 1.54) is 12.5 Å². The summed E-state index contributed by atoms with van der Waals surface area (Å²) in [6.07, 6.45) is 3.88. The van der Waals surface area contributed by atoms with Gasteiger partial charge in [-0.2, -0.15) is 0 Å². The summed E-state index contributed by atoms with van der Waals surface area (Å²) in [5, 5.41) is 23.7. The van der Waals surface area contributed by atoms with Crippen molar-refractivity contribution in [3.8, 4) is 11.5 Å². The van der Waals surface area contributed by atoms with E-state index in [2.05, 4.69) is 11.4 Å². The van der Waals surface area contributed by atoms with Gasteiger partial charge in [0.25, 0.3) is 0 Å². The maximum absolute atomic E-state index is 12.5. The fourth-order valence-corrected chi connectivity index (χ4v) is 6.30. The molecular weight excluding hydrogens is 414 g/mol. The van der Waals surface area contributed by atoms with Crippen molar-refractivity contribution in [2.75, 3.05) is 13.7 Å². The number of carbonyl (C=O) groups is 2. The zero-order valence-corrected chi connectivity index (χ0v) is 18.3. The van der Waals surface area contributed by atoms with Gasteiger partial charge in [-0.05, 0) is 56.2 Å². The van der Waals surface area contributed by atoms with Gasteiger partial charge in [0.05, 0.1) is 24.5 Å². The Kier molecular flexibility index (Phi) is 4.98. The van der Waals surface area contributed by atoms with Gasteiger partial charge in [0.15, 0.2) is 17.6 Å². The summed E-state index contributed by atoms with van der Waals surface area (Å²) in [4.78, 5) is 24.0. The monoisotopic (exact) mass is 443 g/mol. The second-order valence-corrected chi connectivity index (χ2v) is 9.32. The molecule has 1 saturated carbocycles. The maximum Gasteiger partial charge on any atom is 0.312 e. The highest BCUT2D eigenvalue weighted by Crippen LogP contribution is 2.67. The summed E-state index contributed by atoms with van der Waals surface area (Å²) in [6.45, 7) is 1.43. The maximum atomic E-state index is 12.5. The largest absolute Gasteiger partial charge is 0.493 e. The predicted octanol–water partition coefficient (Wildman–Crippen LogP) is 1.50. The predicted molar refractivity (Wildman–Crippen MR) is 113 cm³/mol. The standard InChI is InChI=1S/C24H29NO7/c1-13(26)22(28)25-11-8-18(27)31-17-7-10-24(29)15-4-3-9-23(24)19-14(12-15)5-6-16(30-2)20(19)32-21(17)23/h5-7,13,15,21,26,29H,3-4,8-12H2,1-2H3,(H,25,28)/t13-,15+,21-,23-,24+/m0/s1. The van der Waals surface area contributed by atoms with Crippen LogP contribution in [0.3, 0.4) is 0 Å². The molecule has 2 bridgehead atoms. The number of rotatable bonds is 6. The Hall–Kier alpha value is -2.58. The van der Waals surface area contributed by atoms with Crippen molar-refractivity contribution >= 4 is 11.9 Å². The molecule has 8 heteroatoms. The Labute approximate surface area is 186 Å². The lowest BCUT2D eigenvalue weighted by molar-refractivity contribution is -0.160. The van der Waals surface area contributed by atoms with E-state index in [-0.39, 0.29) is 18.9 Å². The van der Waals surface area contributed by atoms with Gasteiger partial charge < -0.3 is 29.7 Å². The second-order valence-electron chi connectivity index (χ2n) is 9.32. The van der Waals surface area contributed by atoms with Crippen LogP contribution in [0, 0.1) is 5.92 Å². The van der Waals surface area contributed by atoms with Crippen LogP contribution in [-0.2, 0) is 26.2 Å². The van der Waals surface area contributed by atoms with E-state index in [4.69, 9.17) is 14.2 Å². The number of esters is 1. The van der Waals surface area contributed by atoms with E-state index >= 15 is 0 Å². The summed E-state index contributed by atoms with van der Waals surface area (Å²) in [5.74, 6) is 0.751. The average Bonchev–Trinajstić information content (AvgIpc) is 3.10. The van der Waals surface area contributed by atoms with Crippen LogP contribution in [0.15, 0.2) is 24.0 Å². The molecule has 1 spiro atoms. The number of carbonyl (C=O) groups excluding carboxylic acids is 2. The van der Waals surface area contributed by atoms with Crippen molar-refractivity contribution in [2.24, 2.45) is 5.92 Å². The number of hydrogen-bond acceptors (Lipinski definition) is 7. The number of aliphatic hydroxyl groups is 2. The number of amides is 1. The molecule has 5 rings (SSSR count). The summed E-state index contributed by atoms with van der Waals surface area (Å²) in [5.41, 5.74) is 0.553. The highest BCUT2D eigenvalue weighted by molar-refractivity contribution is 5.80. The number of nitrogens with one attached hydrogen (secondary N) is 1. The third-order valence-corrected chi connectivity index (χ3v) is 7.71.